The maximum atomic E-state index is 13.7. The van der Waals surface area contributed by atoms with E-state index in [1.54, 1.807) is 29.3 Å². The summed E-state index contributed by atoms with van der Waals surface area (Å²) < 4.78 is 1.06. The summed E-state index contributed by atoms with van der Waals surface area (Å²) in [6.45, 7) is 7.25. The van der Waals surface area contributed by atoms with Crippen LogP contribution >= 0.6 is 23.1 Å². The number of benzene rings is 2. The van der Waals surface area contributed by atoms with Crippen LogP contribution < -0.4 is 5.32 Å². The van der Waals surface area contributed by atoms with Gasteiger partial charge >= 0.3 is 0 Å². The van der Waals surface area contributed by atoms with Gasteiger partial charge in [0.15, 0.2) is 5.13 Å². The Bertz CT molecular complexity index is 1370. The molecule has 1 unspecified atom stereocenters. The highest BCUT2D eigenvalue weighted by Gasteiger charge is 2.30. The summed E-state index contributed by atoms with van der Waals surface area (Å²) in [4.78, 5) is 25.7. The van der Waals surface area contributed by atoms with E-state index >= 15 is 0 Å². The van der Waals surface area contributed by atoms with Crippen LogP contribution in [0.2, 0.25) is 0 Å². The number of aryl methyl sites for hydroxylation is 3. The number of aromatic nitrogens is 2. The number of hydrogen-bond donors (Lipinski definition) is 1. The summed E-state index contributed by atoms with van der Waals surface area (Å²) in [5, 5.41) is 4.04. The number of pyridine rings is 1. The van der Waals surface area contributed by atoms with Crippen molar-refractivity contribution >= 4 is 40.0 Å². The molecule has 2 aromatic heterocycles. The van der Waals surface area contributed by atoms with Crippen molar-refractivity contribution in [2.45, 2.75) is 61.6 Å². The maximum absolute atomic E-state index is 13.7. The lowest BCUT2D eigenvalue weighted by Crippen LogP contribution is -2.36. The second-order valence-corrected chi connectivity index (χ2v) is 12.0. The van der Waals surface area contributed by atoms with Gasteiger partial charge in [0.1, 0.15) is 5.82 Å². The van der Waals surface area contributed by atoms with E-state index < -0.39 is 0 Å². The Morgan fingerprint density at radius 2 is 1.89 bits per heavy atom. The number of likely N-dealkylation sites (tertiary alicyclic amines) is 1. The molecule has 1 saturated heterocycles. The standard InChI is InChI=1S/C30H32N4OS2/c1-20-8-6-9-21(2)25(20)15-13-23-10-7-17-34(23)29(35)26-18-24(14-12-22(26)3)36-28-19-32-30(37-28)33-27-11-4-5-16-31-27/h4-6,8-9,11-12,14,16,18-19,23H,7,10,13,15,17H2,1-3H3,(H,31,32,33). The first-order chi connectivity index (χ1) is 18.0. The predicted molar refractivity (Wildman–Crippen MR) is 153 cm³/mol. The lowest BCUT2D eigenvalue weighted by Gasteiger charge is -2.26. The number of anilines is 2. The Morgan fingerprint density at radius 1 is 1.05 bits per heavy atom. The van der Waals surface area contributed by atoms with Gasteiger partial charge in [0.25, 0.3) is 5.91 Å². The molecule has 2 aromatic carbocycles. The molecule has 1 atom stereocenters. The van der Waals surface area contributed by atoms with Gasteiger partial charge in [-0.2, -0.15) is 0 Å². The fourth-order valence-electron chi connectivity index (χ4n) is 5.03. The van der Waals surface area contributed by atoms with Gasteiger partial charge in [0.05, 0.1) is 10.4 Å². The zero-order chi connectivity index (χ0) is 25.8. The van der Waals surface area contributed by atoms with Gasteiger partial charge in [-0.1, -0.05) is 53.4 Å². The van der Waals surface area contributed by atoms with Gasteiger partial charge in [-0.15, -0.1) is 0 Å². The van der Waals surface area contributed by atoms with Crippen LogP contribution in [0.4, 0.5) is 10.9 Å². The number of thiazole rings is 1. The van der Waals surface area contributed by atoms with Crippen LogP contribution in [-0.4, -0.2) is 33.4 Å². The minimum atomic E-state index is 0.158. The van der Waals surface area contributed by atoms with Gasteiger partial charge < -0.3 is 10.2 Å². The number of hydrogen-bond acceptors (Lipinski definition) is 6. The topological polar surface area (TPSA) is 58.1 Å². The molecule has 0 bridgehead atoms. The molecule has 1 amide bonds. The second-order valence-electron chi connectivity index (χ2n) is 9.61. The Morgan fingerprint density at radius 3 is 2.68 bits per heavy atom. The average molecular weight is 529 g/mol. The fraction of sp³-hybridized carbons (Fsp3) is 0.300. The number of nitrogens with zero attached hydrogens (tertiary/aromatic N) is 3. The van der Waals surface area contributed by atoms with E-state index in [4.69, 9.17) is 0 Å². The lowest BCUT2D eigenvalue weighted by molar-refractivity contribution is 0.0729. The monoisotopic (exact) mass is 528 g/mol. The van der Waals surface area contributed by atoms with Crippen LogP contribution in [0.15, 0.2) is 76.1 Å². The van der Waals surface area contributed by atoms with Crippen molar-refractivity contribution in [3.05, 3.63) is 94.8 Å². The van der Waals surface area contributed by atoms with Crippen LogP contribution in [-0.2, 0) is 6.42 Å². The number of carbonyl (C=O) groups is 1. The molecule has 0 aliphatic carbocycles. The van der Waals surface area contributed by atoms with Gasteiger partial charge in [-0.25, -0.2) is 9.97 Å². The van der Waals surface area contributed by atoms with Crippen LogP contribution in [0, 0.1) is 20.8 Å². The molecule has 1 aliphatic heterocycles. The summed E-state index contributed by atoms with van der Waals surface area (Å²) in [6, 6.07) is 18.7. The normalized spacial score (nSPS) is 15.2. The second kappa shape index (κ2) is 11.5. The molecule has 0 saturated carbocycles. The molecule has 1 aliphatic rings. The van der Waals surface area contributed by atoms with Gasteiger partial charge in [-0.3, -0.25) is 4.79 Å². The molecule has 5 rings (SSSR count). The molecule has 0 radical (unpaired) electrons. The molecule has 4 aromatic rings. The van der Waals surface area contributed by atoms with Gasteiger partial charge in [0.2, 0.25) is 0 Å². The molecule has 1 N–H and O–H groups in total. The van der Waals surface area contributed by atoms with Crippen molar-refractivity contribution in [3.8, 4) is 0 Å². The Labute approximate surface area is 227 Å². The summed E-state index contributed by atoms with van der Waals surface area (Å²) in [6.07, 6.45) is 7.80. The van der Waals surface area contributed by atoms with E-state index in [9.17, 15) is 4.79 Å². The van der Waals surface area contributed by atoms with Crippen molar-refractivity contribution in [3.63, 3.8) is 0 Å². The van der Waals surface area contributed by atoms with Crippen molar-refractivity contribution < 1.29 is 4.79 Å². The summed E-state index contributed by atoms with van der Waals surface area (Å²) >= 11 is 3.22. The fourth-order valence-corrected chi connectivity index (χ4v) is 6.93. The molecule has 3 heterocycles. The third kappa shape index (κ3) is 6.05. The van der Waals surface area contributed by atoms with Crippen LogP contribution in [0.1, 0.15) is 51.9 Å². The first-order valence-corrected chi connectivity index (χ1v) is 14.4. The maximum Gasteiger partial charge on any atom is 0.254 e. The molecule has 37 heavy (non-hydrogen) atoms. The molecular formula is C30H32N4OS2. The lowest BCUT2D eigenvalue weighted by atomic mass is 9.95. The Balaban J connectivity index is 1.27. The molecule has 1 fully saturated rings. The van der Waals surface area contributed by atoms with Crippen molar-refractivity contribution in [1.29, 1.82) is 0 Å². The van der Waals surface area contributed by atoms with Crippen LogP contribution in [0.25, 0.3) is 0 Å². The zero-order valence-corrected chi connectivity index (χ0v) is 23.2. The number of rotatable bonds is 8. The summed E-state index contributed by atoms with van der Waals surface area (Å²) in [5.74, 6) is 0.931. The van der Waals surface area contributed by atoms with Crippen molar-refractivity contribution in [2.24, 2.45) is 0 Å². The van der Waals surface area contributed by atoms with Crippen LogP contribution in [0.5, 0.6) is 0 Å². The van der Waals surface area contributed by atoms with Crippen LogP contribution in [0.3, 0.4) is 0 Å². The minimum Gasteiger partial charge on any atom is -0.336 e. The summed E-state index contributed by atoms with van der Waals surface area (Å²) in [5.41, 5.74) is 5.95. The Hall–Kier alpha value is -3.16. The number of carbonyl (C=O) groups excluding carboxylic acids is 1. The zero-order valence-electron chi connectivity index (χ0n) is 21.5. The van der Waals surface area contributed by atoms with E-state index in [0.717, 1.165) is 63.4 Å². The highest BCUT2D eigenvalue weighted by Crippen LogP contribution is 2.36. The molecule has 190 valence electrons. The molecule has 5 nitrogen and oxygen atoms in total. The minimum absolute atomic E-state index is 0.158. The van der Waals surface area contributed by atoms with Gasteiger partial charge in [-0.05, 0) is 93.0 Å². The quantitative estimate of drug-likeness (QED) is 0.255. The largest absolute Gasteiger partial charge is 0.336 e. The van der Waals surface area contributed by atoms with E-state index in [1.165, 1.54) is 16.7 Å². The molecule has 7 heteroatoms. The van der Waals surface area contributed by atoms with Crippen molar-refractivity contribution in [1.82, 2.24) is 14.9 Å². The third-order valence-electron chi connectivity index (χ3n) is 7.05. The van der Waals surface area contributed by atoms with E-state index in [2.05, 4.69) is 70.4 Å². The average Bonchev–Trinajstić information content (AvgIpc) is 3.54. The van der Waals surface area contributed by atoms with Crippen molar-refractivity contribution in [2.75, 3.05) is 11.9 Å². The third-order valence-corrected chi connectivity index (χ3v) is 9.06. The van der Waals surface area contributed by atoms with Gasteiger partial charge in [0, 0.05) is 29.2 Å². The first kappa shape index (κ1) is 25.5. The van der Waals surface area contributed by atoms with E-state index in [1.807, 2.05) is 31.3 Å². The number of nitrogens with one attached hydrogen (secondary N) is 1. The Kier molecular flexibility index (Phi) is 7.91. The first-order valence-electron chi connectivity index (χ1n) is 12.8. The predicted octanol–water partition coefficient (Wildman–Crippen LogP) is 7.60. The highest BCUT2D eigenvalue weighted by molar-refractivity contribution is 8.01. The smallest absolute Gasteiger partial charge is 0.254 e. The number of amides is 1. The van der Waals surface area contributed by atoms with E-state index in [-0.39, 0.29) is 5.91 Å². The molecular weight excluding hydrogens is 496 g/mol. The SMILES string of the molecule is Cc1ccc(Sc2cnc(Nc3ccccn3)s2)cc1C(=O)N1CCCC1CCc1c(C)cccc1C. The highest BCUT2D eigenvalue weighted by atomic mass is 32.2. The summed E-state index contributed by atoms with van der Waals surface area (Å²) in [7, 11) is 0. The molecule has 0 spiro atoms. The van der Waals surface area contributed by atoms with E-state index in [0.29, 0.717) is 6.04 Å².